The third-order valence-corrected chi connectivity index (χ3v) is 8.21. The Morgan fingerprint density at radius 2 is 2.06 bits per heavy atom. The number of aliphatic hydroxyl groups excluding tert-OH is 1. The molecular weight excluding hydrogens is 456 g/mol. The van der Waals surface area contributed by atoms with Gasteiger partial charge in [-0.1, -0.05) is 11.6 Å². The van der Waals surface area contributed by atoms with Gasteiger partial charge in [-0.2, -0.15) is 0 Å². The Labute approximate surface area is 205 Å². The van der Waals surface area contributed by atoms with Gasteiger partial charge in [0.05, 0.1) is 35.6 Å². The van der Waals surface area contributed by atoms with Crippen LogP contribution in [0.2, 0.25) is 5.02 Å². The first-order valence-corrected chi connectivity index (χ1v) is 12.4. The van der Waals surface area contributed by atoms with Gasteiger partial charge in [0.25, 0.3) is 0 Å². The van der Waals surface area contributed by atoms with Gasteiger partial charge in [-0.25, -0.2) is 4.98 Å². The molecule has 1 saturated carbocycles. The Morgan fingerprint density at radius 3 is 2.71 bits per heavy atom. The number of benzene rings is 1. The molecule has 2 aromatic rings. The summed E-state index contributed by atoms with van der Waals surface area (Å²) in [5.74, 6) is 0.840. The maximum absolute atomic E-state index is 12.7. The van der Waals surface area contributed by atoms with Crippen molar-refractivity contribution in [1.82, 2.24) is 9.88 Å². The molecule has 0 bridgehead atoms. The van der Waals surface area contributed by atoms with Gasteiger partial charge < -0.3 is 24.8 Å². The van der Waals surface area contributed by atoms with E-state index in [0.29, 0.717) is 30.7 Å². The van der Waals surface area contributed by atoms with E-state index in [0.717, 1.165) is 55.5 Å². The first kappa shape index (κ1) is 23.8. The molecule has 9 heteroatoms. The topological polar surface area (TPSA) is 87.2 Å². The molecule has 0 unspecified atom stereocenters. The fourth-order valence-electron chi connectivity index (χ4n) is 5.42. The van der Waals surface area contributed by atoms with Crippen LogP contribution in [0.1, 0.15) is 19.8 Å². The number of aromatic nitrogens is 1. The summed E-state index contributed by atoms with van der Waals surface area (Å²) in [6.07, 6.45) is 3.21. The van der Waals surface area contributed by atoms with Crippen LogP contribution in [0.4, 0.5) is 11.5 Å². The van der Waals surface area contributed by atoms with Gasteiger partial charge in [-0.15, -0.1) is 0 Å². The average molecular weight is 489 g/mol. The number of rotatable bonds is 6. The molecule has 5 rings (SSSR count). The number of methoxy groups -OCH3 is 1. The van der Waals surface area contributed by atoms with Crippen LogP contribution in [0, 0.1) is 11.8 Å². The van der Waals surface area contributed by atoms with Crippen molar-refractivity contribution in [1.29, 1.82) is 0 Å². The predicted octanol–water partition coefficient (Wildman–Crippen LogP) is 2.77. The lowest BCUT2D eigenvalue weighted by atomic mass is 9.73. The van der Waals surface area contributed by atoms with Crippen LogP contribution in [0.25, 0.3) is 10.8 Å². The number of piperazine rings is 1. The first-order valence-electron chi connectivity index (χ1n) is 12.0. The molecular formula is C25H33ClN4O4. The molecule has 3 fully saturated rings. The highest BCUT2D eigenvalue weighted by Crippen LogP contribution is 2.36. The second-order valence-corrected chi connectivity index (χ2v) is 10.4. The van der Waals surface area contributed by atoms with Gasteiger partial charge in [0.1, 0.15) is 5.82 Å². The average Bonchev–Trinajstić information content (AvgIpc) is 3.15. The van der Waals surface area contributed by atoms with Crippen LogP contribution >= 0.6 is 11.6 Å². The van der Waals surface area contributed by atoms with Crippen LogP contribution < -0.4 is 10.2 Å². The number of fused-ring (bicyclic) bond motifs is 1. The summed E-state index contributed by atoms with van der Waals surface area (Å²) in [6.45, 7) is 6.92. The van der Waals surface area contributed by atoms with E-state index in [2.05, 4.69) is 33.1 Å². The van der Waals surface area contributed by atoms with Gasteiger partial charge in [0, 0.05) is 57.4 Å². The molecule has 4 atom stereocenters. The van der Waals surface area contributed by atoms with Gasteiger partial charge in [0.15, 0.2) is 0 Å². The lowest BCUT2D eigenvalue weighted by Crippen LogP contribution is -2.60. The maximum atomic E-state index is 12.7. The molecule has 1 aliphatic carbocycles. The molecule has 184 valence electrons. The summed E-state index contributed by atoms with van der Waals surface area (Å²) in [4.78, 5) is 21.7. The van der Waals surface area contributed by atoms with E-state index in [1.807, 2.05) is 12.1 Å². The molecule has 2 aliphatic heterocycles. The lowest BCUT2D eigenvalue weighted by Gasteiger charge is -2.45. The van der Waals surface area contributed by atoms with E-state index in [1.54, 1.807) is 13.3 Å². The summed E-state index contributed by atoms with van der Waals surface area (Å²) >= 11 is 6.66. The summed E-state index contributed by atoms with van der Waals surface area (Å²) in [5.41, 5.74) is 0.644. The molecule has 0 radical (unpaired) electrons. The highest BCUT2D eigenvalue weighted by Gasteiger charge is 2.44. The fraction of sp³-hybridized carbons (Fsp3) is 0.600. The summed E-state index contributed by atoms with van der Waals surface area (Å²) < 4.78 is 10.7. The summed E-state index contributed by atoms with van der Waals surface area (Å²) in [7, 11) is 1.67. The van der Waals surface area contributed by atoms with Crippen LogP contribution in [-0.2, 0) is 14.3 Å². The number of anilines is 2. The Hall–Kier alpha value is -1.97. The van der Waals surface area contributed by atoms with E-state index < -0.39 is 6.10 Å². The Morgan fingerprint density at radius 1 is 1.26 bits per heavy atom. The monoisotopic (exact) mass is 488 g/mol. The summed E-state index contributed by atoms with van der Waals surface area (Å²) in [5, 5.41) is 16.0. The van der Waals surface area contributed by atoms with E-state index in [1.165, 1.54) is 0 Å². The van der Waals surface area contributed by atoms with Crippen molar-refractivity contribution in [2.75, 3.05) is 63.3 Å². The molecule has 2 saturated heterocycles. The van der Waals surface area contributed by atoms with Gasteiger partial charge >= 0.3 is 0 Å². The number of nitrogens with zero attached hydrogens (tertiary/aromatic N) is 3. The minimum Gasteiger partial charge on any atom is -0.389 e. The molecule has 8 nitrogen and oxygen atoms in total. The van der Waals surface area contributed by atoms with Crippen LogP contribution in [0.5, 0.6) is 0 Å². The van der Waals surface area contributed by atoms with Crippen molar-refractivity contribution in [3.05, 3.63) is 29.4 Å². The number of carbonyl (C=O) groups is 1. The standard InChI is InChI=1S/C25H33ClN4O4/c1-25(15-34-14-22(25)31)30-7-5-29(6-8-30)21-10-17-11-23(27-12-18(17)9-20(21)26)28-24(32)19-4-3-16(19)13-33-2/h9-12,16,19,22,31H,3-8,13-15H2,1-2H3,(H,27,28,32)/t16-,19-,22+,25-/m0/s1. The Balaban J connectivity index is 1.29. The maximum Gasteiger partial charge on any atom is 0.229 e. The molecule has 1 amide bonds. The number of ether oxygens (including phenoxy) is 2. The van der Waals surface area contributed by atoms with Crippen molar-refractivity contribution in [2.24, 2.45) is 11.8 Å². The zero-order chi connectivity index (χ0) is 23.9. The number of aliphatic hydroxyl groups is 1. The van der Waals surface area contributed by atoms with E-state index in [9.17, 15) is 9.90 Å². The molecule has 0 spiro atoms. The second kappa shape index (κ2) is 9.59. The van der Waals surface area contributed by atoms with Gasteiger partial charge in [-0.3, -0.25) is 9.69 Å². The SMILES string of the molecule is COC[C@@H]1CC[C@@H]1C(=O)Nc1cc2cc(N3CCN([C@@]4(C)COC[C@H]4O)CC3)c(Cl)cc2cn1. The van der Waals surface area contributed by atoms with Crippen molar-refractivity contribution in [3.63, 3.8) is 0 Å². The minimum atomic E-state index is -0.464. The first-order chi connectivity index (χ1) is 16.4. The highest BCUT2D eigenvalue weighted by atomic mass is 35.5. The minimum absolute atomic E-state index is 0.0111. The van der Waals surface area contributed by atoms with Crippen LogP contribution in [0.3, 0.4) is 0 Å². The third-order valence-electron chi connectivity index (χ3n) is 7.90. The van der Waals surface area contributed by atoms with E-state index >= 15 is 0 Å². The van der Waals surface area contributed by atoms with E-state index in [4.69, 9.17) is 21.1 Å². The number of hydrogen-bond donors (Lipinski definition) is 2. The number of amides is 1. The largest absolute Gasteiger partial charge is 0.389 e. The fourth-order valence-corrected chi connectivity index (χ4v) is 5.72. The number of nitrogens with one attached hydrogen (secondary N) is 1. The second-order valence-electron chi connectivity index (χ2n) is 9.97. The molecule has 3 aliphatic rings. The molecule has 1 aromatic carbocycles. The van der Waals surface area contributed by atoms with Crippen LogP contribution in [-0.4, -0.2) is 85.6 Å². The normalized spacial score (nSPS) is 29.9. The molecule has 34 heavy (non-hydrogen) atoms. The third kappa shape index (κ3) is 4.38. The van der Waals surface area contributed by atoms with Crippen molar-refractivity contribution < 1.29 is 19.4 Å². The van der Waals surface area contributed by atoms with Gasteiger partial charge in [-0.05, 0) is 49.3 Å². The van der Waals surface area contributed by atoms with E-state index in [-0.39, 0.29) is 23.3 Å². The lowest BCUT2D eigenvalue weighted by molar-refractivity contribution is -0.126. The summed E-state index contributed by atoms with van der Waals surface area (Å²) in [6, 6.07) is 5.94. The number of halogens is 1. The van der Waals surface area contributed by atoms with Crippen molar-refractivity contribution in [2.45, 2.75) is 31.4 Å². The number of hydrogen-bond acceptors (Lipinski definition) is 7. The number of pyridine rings is 1. The van der Waals surface area contributed by atoms with Gasteiger partial charge in [0.2, 0.25) is 5.91 Å². The van der Waals surface area contributed by atoms with Crippen molar-refractivity contribution >= 4 is 39.8 Å². The molecule has 3 heterocycles. The van der Waals surface area contributed by atoms with Crippen molar-refractivity contribution in [3.8, 4) is 0 Å². The predicted molar refractivity (Wildman–Crippen MR) is 132 cm³/mol. The van der Waals surface area contributed by atoms with Crippen LogP contribution in [0.15, 0.2) is 24.4 Å². The Kier molecular flexibility index (Phi) is 6.70. The molecule has 2 N–H and O–H groups in total. The quantitative estimate of drug-likeness (QED) is 0.646. The molecule has 1 aromatic heterocycles. The zero-order valence-corrected chi connectivity index (χ0v) is 20.6. The number of carbonyl (C=O) groups excluding carboxylic acids is 1. The Bertz CT molecular complexity index is 1060. The smallest absolute Gasteiger partial charge is 0.229 e. The zero-order valence-electron chi connectivity index (χ0n) is 19.8. The highest BCUT2D eigenvalue weighted by molar-refractivity contribution is 6.34.